The lowest BCUT2D eigenvalue weighted by Gasteiger charge is -2.44. The largest absolute Gasteiger partial charge is 0.480 e. The van der Waals surface area contributed by atoms with Crippen LogP contribution in [0, 0.1) is 0 Å². The summed E-state index contributed by atoms with van der Waals surface area (Å²) < 4.78 is 715. The number of hydrogen-bond acceptors (Lipinski definition) is 5. The quantitative estimate of drug-likeness (QED) is 0.0451. The lowest BCUT2D eigenvalue weighted by atomic mass is 9.88. The maximum Gasteiger partial charge on any atom is 0.480 e. The predicted molar refractivity (Wildman–Crippen MR) is 197 cm³/mol. The molecule has 0 aliphatic rings. The molecule has 2 unspecified atom stereocenters. The van der Waals surface area contributed by atoms with E-state index in [0.29, 0.717) is 0 Å². The Kier molecular flexibility index (Phi) is 23.3. The monoisotopic (exact) mass is 1570 g/mol. The van der Waals surface area contributed by atoms with Gasteiger partial charge in [-0.25, -0.2) is 0 Å². The van der Waals surface area contributed by atoms with E-state index < -0.39 is 218 Å². The number of alkyl halides is 51. The van der Waals surface area contributed by atoms with Crippen LogP contribution < -0.4 is 0 Å². The van der Waals surface area contributed by atoms with Crippen LogP contribution in [0.15, 0.2) is 0 Å². The summed E-state index contributed by atoms with van der Waals surface area (Å²) in [6.07, 6.45) is -37.9. The van der Waals surface area contributed by atoms with E-state index in [2.05, 4.69) is 8.23 Å². The highest BCUT2D eigenvalue weighted by atomic mass is 28.5. The molecule has 0 aromatic carbocycles. The highest BCUT2D eigenvalue weighted by Crippen LogP contribution is 2.69. The first-order valence-electron chi connectivity index (χ1n) is 22.1. The Morgan fingerprint density at radius 1 is 0.204 bits per heavy atom. The van der Waals surface area contributed by atoms with Gasteiger partial charge in [-0.2, -0.15) is 224 Å². The lowest BCUT2D eigenvalue weighted by molar-refractivity contribution is -0.461. The van der Waals surface area contributed by atoms with E-state index in [0.717, 1.165) is 0 Å². The fourth-order valence-electron chi connectivity index (χ4n) is 6.40. The van der Waals surface area contributed by atoms with Crippen LogP contribution in [0.1, 0.15) is 33.1 Å². The Morgan fingerprint density at radius 3 is 0.473 bits per heavy atom. The van der Waals surface area contributed by atoms with Gasteiger partial charge in [0.05, 0.1) is 0 Å². The molecule has 2 atom stereocenters. The first-order valence-corrected chi connectivity index (χ1v) is 28.6. The van der Waals surface area contributed by atoms with Gasteiger partial charge in [0.2, 0.25) is 0 Å². The minimum Gasteiger partial charge on any atom is -0.411 e. The molecule has 0 heterocycles. The standard InChI is InChI=1S/C34H25F51O5Si3/c1-3-91(86,8-5-11(35,36)14(41,42)17(47,48)20(53,54)23(59,60)26(65,66)29(71,72)32(77,78)79)89-93(88,10-7-13(39,40)16(45,46)19(51,52)22(57,58)25(63,64)28(69,70)31(75,76)34(83,84)85)90-92(87,4-2)9-6-12(37,38)15(43,44)18(49,50)21(55,56)24(61,62)27(67,68)30(73,74)33(80,81)82/h86-88H,3-10H2,1-2H3. The molecule has 0 radical (unpaired) electrons. The van der Waals surface area contributed by atoms with Crippen LogP contribution in [-0.4, -0.2) is 183 Å². The van der Waals surface area contributed by atoms with Crippen molar-refractivity contribution in [3.05, 3.63) is 0 Å². The minimum absolute atomic E-state index is 0.209. The van der Waals surface area contributed by atoms with E-state index in [1.54, 1.807) is 0 Å². The van der Waals surface area contributed by atoms with Crippen molar-refractivity contribution in [1.82, 2.24) is 0 Å². The van der Waals surface area contributed by atoms with Crippen molar-refractivity contribution in [2.24, 2.45) is 0 Å². The van der Waals surface area contributed by atoms with E-state index in [-0.39, 0.29) is 13.8 Å². The fraction of sp³-hybridized carbons (Fsp3) is 1.00. The zero-order valence-corrected chi connectivity index (χ0v) is 45.6. The van der Waals surface area contributed by atoms with Crippen LogP contribution >= 0.6 is 0 Å². The molecule has 0 bridgehead atoms. The Morgan fingerprint density at radius 2 is 0.333 bits per heavy atom. The second-order valence-electron chi connectivity index (χ2n) is 19.0. The number of rotatable bonds is 33. The molecule has 0 aromatic heterocycles. The Hall–Kier alpha value is -3.12. The Bertz CT molecular complexity index is 2450. The molecule has 5 nitrogen and oxygen atoms in total. The van der Waals surface area contributed by atoms with Crippen LogP contribution in [-0.2, 0) is 8.23 Å². The van der Waals surface area contributed by atoms with Crippen molar-refractivity contribution < 1.29 is 247 Å². The third-order valence-electron chi connectivity index (χ3n) is 12.6. The average molecular weight is 1570 g/mol. The summed E-state index contributed by atoms with van der Waals surface area (Å²) in [5.74, 6) is -190. The van der Waals surface area contributed by atoms with Crippen LogP contribution in [0.25, 0.3) is 0 Å². The highest BCUT2D eigenvalue weighted by Gasteiger charge is 2.99. The lowest BCUT2D eigenvalue weighted by Crippen LogP contribution is -2.74. The molecule has 93 heavy (non-hydrogen) atoms. The van der Waals surface area contributed by atoms with Gasteiger partial charge in [0.1, 0.15) is 0 Å². The third kappa shape index (κ3) is 13.3. The summed E-state index contributed by atoms with van der Waals surface area (Å²) in [4.78, 5) is 32.5. The molecule has 59 heteroatoms. The van der Waals surface area contributed by atoms with Crippen LogP contribution in [0.4, 0.5) is 224 Å². The SMILES string of the molecule is CC[Si](O)(CCC(F)(F)C(F)(F)C(F)(F)C(F)(F)C(F)(F)C(F)(F)C(F)(F)C(F)(F)F)O[Si](O)(CCC(F)(F)C(F)(F)C(F)(F)C(F)(F)C(F)(F)C(F)(F)C(F)(F)C(F)(F)F)O[Si](O)(CC)CCC(F)(F)C(F)(F)C(F)(F)C(F)(F)C(F)(F)C(F)(F)C(F)(F)C(F)(F)F. The normalized spacial score (nSPS) is 18.6. The Labute approximate surface area is 479 Å². The van der Waals surface area contributed by atoms with Gasteiger partial charge in [-0.05, 0) is 24.2 Å². The van der Waals surface area contributed by atoms with Crippen molar-refractivity contribution in [1.29, 1.82) is 0 Å². The average Bonchev–Trinajstić information content (AvgIpc) is 0.709. The van der Waals surface area contributed by atoms with E-state index in [1.807, 2.05) is 0 Å². The van der Waals surface area contributed by atoms with Gasteiger partial charge in [0.25, 0.3) is 0 Å². The van der Waals surface area contributed by atoms with Gasteiger partial charge in [-0.3, -0.25) is 0 Å². The van der Waals surface area contributed by atoms with Crippen LogP contribution in [0.5, 0.6) is 0 Å². The molecule has 0 saturated heterocycles. The van der Waals surface area contributed by atoms with Crippen molar-refractivity contribution in [2.45, 2.75) is 206 Å². The van der Waals surface area contributed by atoms with Crippen molar-refractivity contribution in [3.63, 3.8) is 0 Å². The van der Waals surface area contributed by atoms with Gasteiger partial charge in [0.15, 0.2) is 0 Å². The van der Waals surface area contributed by atoms with Gasteiger partial charge in [0, 0.05) is 25.3 Å². The summed E-state index contributed by atoms with van der Waals surface area (Å²) in [6.45, 7) is -0.419. The van der Waals surface area contributed by atoms with Crippen LogP contribution in [0.2, 0.25) is 30.2 Å². The second kappa shape index (κ2) is 24.1. The maximum atomic E-state index is 15.1. The summed E-state index contributed by atoms with van der Waals surface area (Å²) in [5.41, 5.74) is 0. The minimum atomic E-state index is -9.59. The molecular formula is C34H25F51O5Si3. The van der Waals surface area contributed by atoms with Crippen molar-refractivity contribution >= 4 is 25.9 Å². The molecule has 0 fully saturated rings. The maximum absolute atomic E-state index is 15.1. The zero-order chi connectivity index (χ0) is 76.6. The molecule has 0 aliphatic heterocycles. The first-order chi connectivity index (χ1) is 39.4. The van der Waals surface area contributed by atoms with Crippen molar-refractivity contribution in [2.75, 3.05) is 0 Å². The fourth-order valence-corrected chi connectivity index (χ4v) is 17.2. The topological polar surface area (TPSA) is 79.2 Å². The molecule has 3 N–H and O–H groups in total. The smallest absolute Gasteiger partial charge is 0.411 e. The number of halogens is 51. The molecule has 560 valence electrons. The molecule has 0 rings (SSSR count). The summed E-state index contributed by atoms with van der Waals surface area (Å²) >= 11 is 0. The number of hydrogen-bond donors (Lipinski definition) is 3. The van der Waals surface area contributed by atoms with E-state index in [9.17, 15) is 230 Å². The predicted octanol–water partition coefficient (Wildman–Crippen LogP) is 18.1. The molecule has 0 aromatic rings. The summed E-state index contributed by atoms with van der Waals surface area (Å²) in [7, 11) is -22.8. The Balaban J connectivity index is 8.44. The summed E-state index contributed by atoms with van der Waals surface area (Å²) in [5, 5.41) is 0. The van der Waals surface area contributed by atoms with Crippen molar-refractivity contribution in [3.8, 4) is 0 Å². The molecule has 0 amide bonds. The van der Waals surface area contributed by atoms with Gasteiger partial charge in [-0.1, -0.05) is 13.8 Å². The van der Waals surface area contributed by atoms with E-state index >= 15 is 8.78 Å². The van der Waals surface area contributed by atoms with Crippen LogP contribution in [0.3, 0.4) is 0 Å². The second-order valence-corrected chi connectivity index (χ2v) is 28.7. The molecule has 0 saturated carbocycles. The van der Waals surface area contributed by atoms with E-state index in [4.69, 9.17) is 0 Å². The summed E-state index contributed by atoms with van der Waals surface area (Å²) in [6, 6.07) is -15.4. The molecular weight excluding hydrogens is 1540 g/mol. The van der Waals surface area contributed by atoms with Gasteiger partial charge >= 0.3 is 169 Å². The van der Waals surface area contributed by atoms with E-state index in [1.165, 1.54) is 0 Å². The van der Waals surface area contributed by atoms with Gasteiger partial charge < -0.3 is 22.6 Å². The first kappa shape index (κ1) is 89.9. The highest BCUT2D eigenvalue weighted by molar-refractivity contribution is 6.83. The third-order valence-corrected chi connectivity index (χ3v) is 23.3. The van der Waals surface area contributed by atoms with Gasteiger partial charge in [-0.15, -0.1) is 0 Å². The molecule has 0 spiro atoms. The molecule has 0 aliphatic carbocycles. The zero-order valence-electron chi connectivity index (χ0n) is 42.6.